The lowest BCUT2D eigenvalue weighted by Gasteiger charge is -2.14. The van der Waals surface area contributed by atoms with Crippen LogP contribution in [0.1, 0.15) is 21.5 Å². The highest BCUT2D eigenvalue weighted by Crippen LogP contribution is 2.35. The lowest BCUT2D eigenvalue weighted by atomic mass is 10.0. The van der Waals surface area contributed by atoms with Gasteiger partial charge in [-0.1, -0.05) is 48.5 Å². The number of carbonyl (C=O) groups excluding carboxylic acids is 1. The van der Waals surface area contributed by atoms with Crippen molar-refractivity contribution < 1.29 is 49.3 Å². The number of rotatable bonds is 14. The van der Waals surface area contributed by atoms with Crippen molar-refractivity contribution in [2.75, 3.05) is 21.3 Å². The Morgan fingerprint density at radius 3 is 1.31 bits per heavy atom. The maximum Gasteiger partial charge on any atom is 0.300 e. The zero-order valence-corrected chi connectivity index (χ0v) is 30.9. The minimum absolute atomic E-state index is 0.00496. The lowest BCUT2D eigenvalue weighted by molar-refractivity contribution is 0.103. The largest absolute Gasteiger partial charge is 0.497 e. The molecule has 6 rings (SSSR count). The Bertz CT molecular complexity index is 2500. The molecule has 0 radical (unpaired) electrons. The summed E-state index contributed by atoms with van der Waals surface area (Å²) < 4.78 is 86.9. The number of ketones is 1. The number of hydrogen-bond donors (Lipinski definition) is 1. The van der Waals surface area contributed by atoms with Crippen molar-refractivity contribution in [3.8, 4) is 56.8 Å². The summed E-state index contributed by atoms with van der Waals surface area (Å²) in [7, 11) is -4.76. The van der Waals surface area contributed by atoms with Crippen molar-refractivity contribution in [3.05, 3.63) is 150 Å². The third-order valence-electron chi connectivity index (χ3n) is 8.37. The Morgan fingerprint density at radius 1 is 0.519 bits per heavy atom. The summed E-state index contributed by atoms with van der Waals surface area (Å²) in [5.74, 6) is 0.682. The minimum Gasteiger partial charge on any atom is -0.497 e. The molecule has 0 spiro atoms. The zero-order chi connectivity index (χ0) is 38.5. The molecule has 1 N–H and O–H groups in total. The van der Waals surface area contributed by atoms with Gasteiger partial charge in [-0.2, -0.15) is 16.8 Å². The predicted molar refractivity (Wildman–Crippen MR) is 203 cm³/mol. The van der Waals surface area contributed by atoms with Crippen LogP contribution in [-0.4, -0.2) is 48.5 Å². The second kappa shape index (κ2) is 15.9. The number of ether oxygens (including phenoxy) is 4. The normalized spacial score (nSPS) is 11.5. The SMILES string of the molecule is COc1ccc(-c2ccc(Oc3ccc(C(=O)c4ccc(Oc5ccc(-c6ccc(OC)cc6)cc5)c(S(=O)(=O)OC)c4)cc3CS(=O)(=O)O)cc2)cc1. The van der Waals surface area contributed by atoms with E-state index in [0.29, 0.717) is 11.5 Å². The molecule has 54 heavy (non-hydrogen) atoms. The molecule has 6 aromatic rings. The molecular formula is C41H34O11S2. The van der Waals surface area contributed by atoms with Crippen molar-refractivity contribution in [3.63, 3.8) is 0 Å². The van der Waals surface area contributed by atoms with E-state index in [9.17, 15) is 26.2 Å². The predicted octanol–water partition coefficient (Wildman–Crippen LogP) is 8.58. The molecule has 0 aliphatic heterocycles. The topological polar surface area (TPSA) is 152 Å². The fraction of sp³-hybridized carbons (Fsp3) is 0.0976. The molecule has 0 aliphatic rings. The van der Waals surface area contributed by atoms with Gasteiger partial charge in [0.15, 0.2) is 5.78 Å². The molecule has 6 aromatic carbocycles. The van der Waals surface area contributed by atoms with Gasteiger partial charge in [0, 0.05) is 16.7 Å². The molecule has 11 nitrogen and oxygen atoms in total. The van der Waals surface area contributed by atoms with E-state index in [0.717, 1.165) is 46.9 Å². The average molecular weight is 767 g/mol. The van der Waals surface area contributed by atoms with Crippen molar-refractivity contribution >= 4 is 26.0 Å². The zero-order valence-electron chi connectivity index (χ0n) is 29.3. The van der Waals surface area contributed by atoms with Gasteiger partial charge in [-0.3, -0.25) is 13.5 Å². The van der Waals surface area contributed by atoms with Gasteiger partial charge in [-0.05, 0) is 107 Å². The van der Waals surface area contributed by atoms with Crippen LogP contribution in [0.25, 0.3) is 22.3 Å². The van der Waals surface area contributed by atoms with Crippen LogP contribution in [0, 0.1) is 0 Å². The Labute approximate surface area is 313 Å². The quantitative estimate of drug-likeness (QED) is 0.0645. The van der Waals surface area contributed by atoms with Gasteiger partial charge >= 0.3 is 0 Å². The molecule has 0 bridgehead atoms. The summed E-state index contributed by atoms with van der Waals surface area (Å²) in [6.45, 7) is 0. The molecule has 0 saturated heterocycles. The highest BCUT2D eigenvalue weighted by Gasteiger charge is 2.24. The molecular weight excluding hydrogens is 733 g/mol. The molecule has 0 heterocycles. The highest BCUT2D eigenvalue weighted by molar-refractivity contribution is 7.86. The van der Waals surface area contributed by atoms with Gasteiger partial charge in [0.05, 0.1) is 21.3 Å². The van der Waals surface area contributed by atoms with Crippen molar-refractivity contribution in [1.29, 1.82) is 0 Å². The maximum absolute atomic E-state index is 13.8. The lowest BCUT2D eigenvalue weighted by Crippen LogP contribution is -2.09. The van der Waals surface area contributed by atoms with Gasteiger partial charge < -0.3 is 18.9 Å². The van der Waals surface area contributed by atoms with Gasteiger partial charge in [-0.15, -0.1) is 0 Å². The van der Waals surface area contributed by atoms with E-state index in [1.807, 2.05) is 72.8 Å². The first-order valence-electron chi connectivity index (χ1n) is 16.3. The first kappa shape index (κ1) is 37.8. The van der Waals surface area contributed by atoms with Crippen molar-refractivity contribution in [1.82, 2.24) is 0 Å². The van der Waals surface area contributed by atoms with Crippen LogP contribution in [0.2, 0.25) is 0 Å². The summed E-state index contributed by atoms with van der Waals surface area (Å²) in [5.41, 5.74) is 3.64. The minimum atomic E-state index is -4.55. The molecule has 0 aliphatic carbocycles. The average Bonchev–Trinajstić information content (AvgIpc) is 3.18. The standard InChI is InChI=1S/C41H34O11S2/c1-48-34-14-4-27(5-15-34)29-8-18-36(19-9-29)51-38-22-12-31(24-33(38)26-53(43,44)45)41(42)32-13-23-39(40(25-32)54(46,47)50-3)52-37-20-10-30(11-21-37)28-6-16-35(49-2)17-7-28/h4-25H,26H2,1-3H3,(H,43,44,45). The van der Waals surface area contributed by atoms with E-state index in [4.69, 9.17) is 23.1 Å². The second-order valence-electron chi connectivity index (χ2n) is 11.9. The smallest absolute Gasteiger partial charge is 0.300 e. The third-order valence-corrected chi connectivity index (χ3v) is 10.3. The summed E-state index contributed by atoms with van der Waals surface area (Å²) >= 11 is 0. The highest BCUT2D eigenvalue weighted by atomic mass is 32.2. The third kappa shape index (κ3) is 8.96. The van der Waals surface area contributed by atoms with Gasteiger partial charge in [-0.25, -0.2) is 0 Å². The maximum atomic E-state index is 13.8. The second-order valence-corrected chi connectivity index (χ2v) is 15.0. The Hall–Kier alpha value is -5.99. The molecule has 0 atom stereocenters. The van der Waals surface area contributed by atoms with E-state index in [1.54, 1.807) is 38.5 Å². The first-order chi connectivity index (χ1) is 25.9. The summed E-state index contributed by atoms with van der Waals surface area (Å²) in [6, 6.07) is 37.0. The van der Waals surface area contributed by atoms with E-state index in [2.05, 4.69) is 0 Å². The summed E-state index contributed by atoms with van der Waals surface area (Å²) in [5, 5.41) is 0. The number of benzene rings is 6. The van der Waals surface area contributed by atoms with Gasteiger partial charge in [0.1, 0.15) is 45.1 Å². The fourth-order valence-electron chi connectivity index (χ4n) is 5.57. The van der Waals surface area contributed by atoms with E-state index >= 15 is 0 Å². The fourth-order valence-corrected chi connectivity index (χ4v) is 6.99. The monoisotopic (exact) mass is 766 g/mol. The number of carbonyl (C=O) groups is 1. The van der Waals surface area contributed by atoms with Crippen LogP contribution in [0.15, 0.2) is 138 Å². The first-order valence-corrected chi connectivity index (χ1v) is 19.3. The molecule has 0 fully saturated rings. The van der Waals surface area contributed by atoms with E-state index < -0.39 is 36.7 Å². The molecule has 276 valence electrons. The molecule has 0 amide bonds. The van der Waals surface area contributed by atoms with Crippen molar-refractivity contribution in [2.24, 2.45) is 0 Å². The Kier molecular flexibility index (Phi) is 11.1. The van der Waals surface area contributed by atoms with Crippen LogP contribution in [0.3, 0.4) is 0 Å². The molecule has 0 saturated carbocycles. The van der Waals surface area contributed by atoms with Crippen LogP contribution >= 0.6 is 0 Å². The van der Waals surface area contributed by atoms with Crippen LogP contribution in [-0.2, 0) is 30.2 Å². The number of hydrogen-bond acceptors (Lipinski definition) is 10. The van der Waals surface area contributed by atoms with Gasteiger partial charge in [0.25, 0.3) is 20.2 Å². The summed E-state index contributed by atoms with van der Waals surface area (Å²) in [6.07, 6.45) is 0. The van der Waals surface area contributed by atoms with E-state index in [1.165, 1.54) is 30.3 Å². The Morgan fingerprint density at radius 2 is 0.907 bits per heavy atom. The van der Waals surface area contributed by atoms with Gasteiger partial charge in [0.2, 0.25) is 0 Å². The summed E-state index contributed by atoms with van der Waals surface area (Å²) in [4.78, 5) is 13.4. The van der Waals surface area contributed by atoms with Crippen molar-refractivity contribution in [2.45, 2.75) is 10.6 Å². The van der Waals surface area contributed by atoms with Crippen LogP contribution in [0.5, 0.6) is 34.5 Å². The Balaban J connectivity index is 1.25. The molecule has 13 heteroatoms. The van der Waals surface area contributed by atoms with Crippen LogP contribution in [0.4, 0.5) is 0 Å². The molecule has 0 unspecified atom stereocenters. The number of methoxy groups -OCH3 is 2. The van der Waals surface area contributed by atoms with E-state index in [-0.39, 0.29) is 28.2 Å². The molecule has 0 aromatic heterocycles. The van der Waals surface area contributed by atoms with Crippen LogP contribution < -0.4 is 18.9 Å².